The van der Waals surface area contributed by atoms with Crippen LogP contribution in [-0.4, -0.2) is 9.55 Å². The van der Waals surface area contributed by atoms with E-state index in [0.717, 1.165) is 11.3 Å². The van der Waals surface area contributed by atoms with Gasteiger partial charge in [-0.3, -0.25) is 4.57 Å². The van der Waals surface area contributed by atoms with E-state index in [-0.39, 0.29) is 11.2 Å². The van der Waals surface area contributed by atoms with Crippen LogP contribution in [0.4, 0.5) is 4.39 Å². The number of nitrogens with zero attached hydrogens (tertiary/aromatic N) is 2. The number of fused-ring (bicyclic) bond motifs is 1. The third-order valence-electron chi connectivity index (χ3n) is 3.50. The van der Waals surface area contributed by atoms with Gasteiger partial charge in [0.2, 0.25) is 0 Å². The molecule has 1 aromatic heterocycles. The average Bonchev–Trinajstić information content (AvgIpc) is 2.83. The molecule has 2 aromatic carbocycles. The predicted molar refractivity (Wildman–Crippen MR) is 85.0 cm³/mol. The van der Waals surface area contributed by atoms with Gasteiger partial charge in [-0.25, -0.2) is 9.37 Å². The maximum atomic E-state index is 14.0. The van der Waals surface area contributed by atoms with Gasteiger partial charge < -0.3 is 0 Å². The van der Waals surface area contributed by atoms with Crippen LogP contribution in [0.3, 0.4) is 0 Å². The number of rotatable bonds is 2. The zero-order chi connectivity index (χ0) is 15.1. The van der Waals surface area contributed by atoms with Gasteiger partial charge in [0.05, 0.1) is 16.6 Å². The minimum Gasteiger partial charge on any atom is -0.295 e. The van der Waals surface area contributed by atoms with E-state index in [9.17, 15) is 4.39 Å². The summed E-state index contributed by atoms with van der Waals surface area (Å²) in [4.78, 5) is 4.37. The monoisotopic (exact) mass is 322 g/mol. The molecule has 0 bridgehead atoms. The van der Waals surface area contributed by atoms with Crippen LogP contribution in [0.15, 0.2) is 36.4 Å². The Morgan fingerprint density at radius 1 is 1.19 bits per heavy atom. The van der Waals surface area contributed by atoms with Crippen molar-refractivity contribution in [2.75, 3.05) is 0 Å². The third kappa shape index (κ3) is 2.30. The Labute approximate surface area is 132 Å². The molecule has 1 heterocycles. The maximum absolute atomic E-state index is 14.0. The molecule has 21 heavy (non-hydrogen) atoms. The van der Waals surface area contributed by atoms with Gasteiger partial charge >= 0.3 is 0 Å². The number of para-hydroxylation sites is 1. The summed E-state index contributed by atoms with van der Waals surface area (Å²) in [5.41, 5.74) is 2.77. The molecule has 3 aromatic rings. The van der Waals surface area contributed by atoms with E-state index in [2.05, 4.69) is 4.98 Å². The lowest BCUT2D eigenvalue weighted by atomic mass is 10.2. The fraction of sp³-hybridized carbons (Fsp3) is 0.188. The Morgan fingerprint density at radius 3 is 2.62 bits per heavy atom. The molecule has 1 unspecified atom stereocenters. The molecule has 2 nitrogen and oxygen atoms in total. The van der Waals surface area contributed by atoms with Crippen LogP contribution in [0.25, 0.3) is 16.7 Å². The van der Waals surface area contributed by atoms with Crippen molar-refractivity contribution in [1.29, 1.82) is 0 Å². The molecule has 3 rings (SSSR count). The van der Waals surface area contributed by atoms with Crippen molar-refractivity contribution in [2.45, 2.75) is 19.2 Å². The highest BCUT2D eigenvalue weighted by atomic mass is 35.5. The number of hydrogen-bond donors (Lipinski definition) is 0. The Balaban J connectivity index is 2.43. The predicted octanol–water partition coefficient (Wildman–Crippen LogP) is 5.43. The minimum absolute atomic E-state index is 0.319. The summed E-state index contributed by atoms with van der Waals surface area (Å²) in [6.45, 7) is 3.74. The molecule has 0 aliphatic rings. The summed E-state index contributed by atoms with van der Waals surface area (Å²) in [5, 5.41) is 0.300. The van der Waals surface area contributed by atoms with Crippen molar-refractivity contribution in [3.8, 4) is 5.69 Å². The van der Waals surface area contributed by atoms with E-state index in [1.54, 1.807) is 6.07 Å². The minimum atomic E-state index is -0.357. The molecule has 0 saturated carbocycles. The zero-order valence-electron chi connectivity index (χ0n) is 11.6. The first-order valence-corrected chi connectivity index (χ1v) is 7.38. The second-order valence-electron chi connectivity index (χ2n) is 4.91. The lowest BCUT2D eigenvalue weighted by molar-refractivity contribution is 0.637. The molecular weight excluding hydrogens is 310 g/mol. The summed E-state index contributed by atoms with van der Waals surface area (Å²) in [6, 6.07) is 10.5. The summed E-state index contributed by atoms with van der Waals surface area (Å²) in [7, 11) is 0. The number of hydrogen-bond acceptors (Lipinski definition) is 1. The summed E-state index contributed by atoms with van der Waals surface area (Å²) in [5.74, 6) is 0.242. The summed E-state index contributed by atoms with van der Waals surface area (Å²) < 4.78 is 15.9. The molecular formula is C16H13Cl2FN2. The lowest BCUT2D eigenvalue weighted by Gasteiger charge is -2.14. The second kappa shape index (κ2) is 5.32. The highest BCUT2D eigenvalue weighted by Crippen LogP contribution is 2.32. The van der Waals surface area contributed by atoms with Gasteiger partial charge in [-0.05, 0) is 43.7 Å². The standard InChI is InChI=1S/C16H13Cl2FN2/c1-9-11(18)5-3-7-13(9)21-14-8-4-6-12(19)15(14)20-16(21)10(2)17/h3-8,10H,1-2H3. The highest BCUT2D eigenvalue weighted by Gasteiger charge is 2.19. The fourth-order valence-electron chi connectivity index (χ4n) is 2.44. The van der Waals surface area contributed by atoms with Gasteiger partial charge in [0.25, 0.3) is 0 Å². The van der Waals surface area contributed by atoms with Crippen molar-refractivity contribution in [2.24, 2.45) is 0 Å². The molecule has 0 aliphatic heterocycles. The summed E-state index contributed by atoms with van der Waals surface area (Å²) >= 11 is 12.4. The van der Waals surface area contributed by atoms with Gasteiger partial charge in [-0.15, -0.1) is 11.6 Å². The van der Waals surface area contributed by atoms with Crippen molar-refractivity contribution < 1.29 is 4.39 Å². The third-order valence-corrected chi connectivity index (χ3v) is 4.10. The largest absolute Gasteiger partial charge is 0.295 e. The van der Waals surface area contributed by atoms with E-state index in [1.165, 1.54) is 6.07 Å². The molecule has 0 spiro atoms. The second-order valence-corrected chi connectivity index (χ2v) is 5.97. The van der Waals surface area contributed by atoms with Crippen LogP contribution in [0.1, 0.15) is 23.7 Å². The Bertz CT molecular complexity index is 825. The Hall–Kier alpha value is -1.58. The van der Waals surface area contributed by atoms with Crippen LogP contribution in [0, 0.1) is 12.7 Å². The normalized spacial score (nSPS) is 12.8. The van der Waals surface area contributed by atoms with E-state index in [1.807, 2.05) is 42.7 Å². The molecule has 0 aliphatic carbocycles. The van der Waals surface area contributed by atoms with Gasteiger partial charge in [-0.1, -0.05) is 23.7 Å². The molecule has 0 fully saturated rings. The lowest BCUT2D eigenvalue weighted by Crippen LogP contribution is -2.04. The zero-order valence-corrected chi connectivity index (χ0v) is 13.1. The van der Waals surface area contributed by atoms with E-state index in [4.69, 9.17) is 23.2 Å². The average molecular weight is 323 g/mol. The quantitative estimate of drug-likeness (QED) is 0.575. The maximum Gasteiger partial charge on any atom is 0.151 e. The first-order chi connectivity index (χ1) is 10.0. The molecule has 0 saturated heterocycles. The van der Waals surface area contributed by atoms with Gasteiger partial charge in [0, 0.05) is 5.02 Å². The summed E-state index contributed by atoms with van der Waals surface area (Å²) in [6.07, 6.45) is 0. The van der Waals surface area contributed by atoms with E-state index in [0.29, 0.717) is 21.9 Å². The van der Waals surface area contributed by atoms with Gasteiger partial charge in [-0.2, -0.15) is 0 Å². The van der Waals surface area contributed by atoms with Crippen molar-refractivity contribution in [1.82, 2.24) is 9.55 Å². The van der Waals surface area contributed by atoms with Crippen molar-refractivity contribution >= 4 is 34.2 Å². The number of imidazole rings is 1. The van der Waals surface area contributed by atoms with Crippen LogP contribution in [-0.2, 0) is 0 Å². The molecule has 0 N–H and O–H groups in total. The molecule has 0 radical (unpaired) electrons. The fourth-order valence-corrected chi connectivity index (χ4v) is 2.76. The molecule has 0 amide bonds. The number of aromatic nitrogens is 2. The molecule has 5 heteroatoms. The first-order valence-electron chi connectivity index (χ1n) is 6.57. The topological polar surface area (TPSA) is 17.8 Å². The number of benzene rings is 2. The number of halogens is 3. The Kier molecular flexibility index (Phi) is 3.64. The van der Waals surface area contributed by atoms with Crippen LogP contribution in [0.5, 0.6) is 0 Å². The van der Waals surface area contributed by atoms with Crippen LogP contribution in [0.2, 0.25) is 5.02 Å². The van der Waals surface area contributed by atoms with Crippen LogP contribution >= 0.6 is 23.2 Å². The van der Waals surface area contributed by atoms with E-state index < -0.39 is 0 Å². The first kappa shape index (κ1) is 14.4. The molecule has 1 atom stereocenters. The molecule has 108 valence electrons. The SMILES string of the molecule is Cc1c(Cl)cccc1-n1c(C(C)Cl)nc2c(F)cccc21. The number of alkyl halides is 1. The smallest absolute Gasteiger partial charge is 0.151 e. The van der Waals surface area contributed by atoms with Crippen LogP contribution < -0.4 is 0 Å². The van der Waals surface area contributed by atoms with Crippen molar-refractivity contribution in [3.63, 3.8) is 0 Å². The Morgan fingerprint density at radius 2 is 1.90 bits per heavy atom. The van der Waals surface area contributed by atoms with E-state index >= 15 is 0 Å². The highest BCUT2D eigenvalue weighted by molar-refractivity contribution is 6.31. The van der Waals surface area contributed by atoms with Gasteiger partial charge in [0.15, 0.2) is 5.82 Å². The van der Waals surface area contributed by atoms with Crippen molar-refractivity contribution in [3.05, 3.63) is 58.6 Å². The van der Waals surface area contributed by atoms with Gasteiger partial charge in [0.1, 0.15) is 11.3 Å².